The van der Waals surface area contributed by atoms with Gasteiger partial charge in [-0.25, -0.2) is 4.79 Å². The highest BCUT2D eigenvalue weighted by molar-refractivity contribution is 5.77. The van der Waals surface area contributed by atoms with Gasteiger partial charge in [0.25, 0.3) is 0 Å². The van der Waals surface area contributed by atoms with Crippen molar-refractivity contribution in [2.75, 3.05) is 7.11 Å². The van der Waals surface area contributed by atoms with E-state index >= 15 is 0 Å². The van der Waals surface area contributed by atoms with Gasteiger partial charge < -0.3 is 9.47 Å². The summed E-state index contributed by atoms with van der Waals surface area (Å²) in [5, 5.41) is 0. The Morgan fingerprint density at radius 1 is 1.05 bits per heavy atom. The molecule has 2 aromatic carbocycles. The average molecular weight is 284 g/mol. The number of benzene rings is 2. The summed E-state index contributed by atoms with van der Waals surface area (Å²) in [6.45, 7) is 2.16. The number of rotatable bonds is 5. The molecule has 0 radical (unpaired) electrons. The van der Waals surface area contributed by atoms with Crippen LogP contribution in [0, 0.1) is 0 Å². The van der Waals surface area contributed by atoms with Crippen molar-refractivity contribution < 1.29 is 14.3 Å². The van der Waals surface area contributed by atoms with Gasteiger partial charge in [-0.3, -0.25) is 0 Å². The predicted molar refractivity (Wildman–Crippen MR) is 83.5 cm³/mol. The molecule has 0 N–H and O–H groups in total. The van der Waals surface area contributed by atoms with E-state index in [1.165, 1.54) is 12.7 Å². The van der Waals surface area contributed by atoms with E-state index in [9.17, 15) is 4.79 Å². The van der Waals surface area contributed by atoms with Gasteiger partial charge in [-0.2, -0.15) is 0 Å². The number of aryl methyl sites for hydroxylation is 1. The summed E-state index contributed by atoms with van der Waals surface area (Å²) in [7, 11) is 1.31. The maximum absolute atomic E-state index is 11.4. The highest BCUT2D eigenvalue weighted by Gasteiger charge is 2.14. The molecule has 0 aliphatic rings. The summed E-state index contributed by atoms with van der Waals surface area (Å²) in [6.07, 6.45) is 2.48. The van der Waals surface area contributed by atoms with E-state index < -0.39 is 6.16 Å². The van der Waals surface area contributed by atoms with Crippen molar-refractivity contribution in [3.63, 3.8) is 0 Å². The van der Waals surface area contributed by atoms with E-state index in [-0.39, 0.29) is 0 Å². The zero-order valence-electron chi connectivity index (χ0n) is 12.5. The molecule has 0 aromatic heterocycles. The molecule has 0 unspecified atom stereocenters. The maximum Gasteiger partial charge on any atom is 0.513 e. The molecule has 2 aromatic rings. The first-order valence-corrected chi connectivity index (χ1v) is 7.19. The molecule has 21 heavy (non-hydrogen) atoms. The Kier molecular flexibility index (Phi) is 5.38. The van der Waals surface area contributed by atoms with Crippen molar-refractivity contribution in [2.45, 2.75) is 26.2 Å². The minimum atomic E-state index is -0.695. The van der Waals surface area contributed by atoms with Crippen LogP contribution in [0.4, 0.5) is 4.79 Å². The summed E-state index contributed by atoms with van der Waals surface area (Å²) in [6, 6.07) is 15.8. The van der Waals surface area contributed by atoms with Crippen LogP contribution in [0.15, 0.2) is 48.5 Å². The van der Waals surface area contributed by atoms with Crippen molar-refractivity contribution in [3.8, 4) is 16.9 Å². The number of carbonyl (C=O) groups excluding carboxylic acids is 1. The molecule has 2 rings (SSSR count). The number of unbranched alkanes of at least 4 members (excludes halogenated alkanes) is 1. The first kappa shape index (κ1) is 15.1. The van der Waals surface area contributed by atoms with Gasteiger partial charge in [-0.05, 0) is 30.0 Å². The van der Waals surface area contributed by atoms with Crippen LogP contribution >= 0.6 is 0 Å². The highest BCUT2D eigenvalue weighted by atomic mass is 16.7. The first-order chi connectivity index (χ1) is 10.3. The summed E-state index contributed by atoms with van der Waals surface area (Å²) in [4.78, 5) is 11.4. The number of hydrogen-bond donors (Lipinski definition) is 0. The third-order valence-electron chi connectivity index (χ3n) is 3.33. The average Bonchev–Trinajstić information content (AvgIpc) is 2.53. The molecule has 0 aliphatic carbocycles. The van der Waals surface area contributed by atoms with Gasteiger partial charge in [-0.15, -0.1) is 0 Å². The smallest absolute Gasteiger partial charge is 0.437 e. The van der Waals surface area contributed by atoms with Crippen molar-refractivity contribution in [2.24, 2.45) is 0 Å². The van der Waals surface area contributed by atoms with E-state index in [2.05, 4.69) is 17.7 Å². The molecule has 0 saturated heterocycles. The second kappa shape index (κ2) is 7.48. The normalized spacial score (nSPS) is 10.2. The minimum absolute atomic E-state index is 0.543. The molecule has 0 fully saturated rings. The lowest BCUT2D eigenvalue weighted by Crippen LogP contribution is -2.08. The van der Waals surface area contributed by atoms with E-state index in [1.54, 1.807) is 6.07 Å². The lowest BCUT2D eigenvalue weighted by molar-refractivity contribution is 0.121. The molecule has 0 bridgehead atoms. The van der Waals surface area contributed by atoms with Gasteiger partial charge in [-0.1, -0.05) is 55.8 Å². The zero-order chi connectivity index (χ0) is 15.1. The Balaban J connectivity index is 2.47. The molecule has 110 valence electrons. The molecule has 0 saturated carbocycles. The van der Waals surface area contributed by atoms with E-state index in [1.807, 2.05) is 36.4 Å². The van der Waals surface area contributed by atoms with Crippen LogP contribution < -0.4 is 4.74 Å². The monoisotopic (exact) mass is 284 g/mol. The maximum atomic E-state index is 11.4. The Morgan fingerprint density at radius 3 is 2.48 bits per heavy atom. The van der Waals surface area contributed by atoms with Crippen molar-refractivity contribution in [3.05, 3.63) is 54.1 Å². The van der Waals surface area contributed by atoms with Crippen molar-refractivity contribution >= 4 is 6.16 Å². The fourth-order valence-electron chi connectivity index (χ4n) is 2.30. The lowest BCUT2D eigenvalue weighted by Gasteiger charge is -2.14. The van der Waals surface area contributed by atoms with Crippen molar-refractivity contribution in [1.82, 2.24) is 0 Å². The standard InChI is InChI=1S/C18H20O3/c1-3-4-9-14-12-8-13-16(21-18(19)20-2)17(14)15-10-6-5-7-11-15/h5-8,10-13H,3-4,9H2,1-2H3. The molecule has 3 nitrogen and oxygen atoms in total. The van der Waals surface area contributed by atoms with E-state index in [0.717, 1.165) is 30.4 Å². The third-order valence-corrected chi connectivity index (χ3v) is 3.33. The zero-order valence-corrected chi connectivity index (χ0v) is 12.5. The van der Waals surface area contributed by atoms with Gasteiger partial charge in [0.1, 0.15) is 5.75 Å². The lowest BCUT2D eigenvalue weighted by atomic mass is 9.95. The van der Waals surface area contributed by atoms with Crippen LogP contribution in [0.2, 0.25) is 0 Å². The summed E-state index contributed by atoms with van der Waals surface area (Å²) < 4.78 is 9.91. The second-order valence-corrected chi connectivity index (χ2v) is 4.82. The number of carbonyl (C=O) groups is 1. The van der Waals surface area contributed by atoms with Crippen LogP contribution in [-0.4, -0.2) is 13.3 Å². The molecular weight excluding hydrogens is 264 g/mol. The Hall–Kier alpha value is -2.29. The SMILES string of the molecule is CCCCc1cccc(OC(=O)OC)c1-c1ccccc1. The van der Waals surface area contributed by atoms with Gasteiger partial charge in [0.2, 0.25) is 0 Å². The predicted octanol–water partition coefficient (Wildman–Crippen LogP) is 4.84. The topological polar surface area (TPSA) is 35.5 Å². The molecular formula is C18H20O3. The third kappa shape index (κ3) is 3.85. The molecule has 0 aliphatic heterocycles. The van der Waals surface area contributed by atoms with Gasteiger partial charge in [0, 0.05) is 5.56 Å². The fourth-order valence-corrected chi connectivity index (χ4v) is 2.30. The number of hydrogen-bond acceptors (Lipinski definition) is 3. The van der Waals surface area contributed by atoms with Crippen LogP contribution in [0.5, 0.6) is 5.75 Å². The van der Waals surface area contributed by atoms with Crippen LogP contribution in [0.25, 0.3) is 11.1 Å². The Morgan fingerprint density at radius 2 is 1.81 bits per heavy atom. The molecule has 0 amide bonds. The highest BCUT2D eigenvalue weighted by Crippen LogP contribution is 2.34. The van der Waals surface area contributed by atoms with Crippen LogP contribution in [-0.2, 0) is 11.2 Å². The summed E-state index contributed by atoms with van der Waals surface area (Å²) in [5.41, 5.74) is 3.20. The minimum Gasteiger partial charge on any atom is -0.437 e. The van der Waals surface area contributed by atoms with E-state index in [0.29, 0.717) is 5.75 Å². The van der Waals surface area contributed by atoms with Crippen molar-refractivity contribution in [1.29, 1.82) is 0 Å². The number of ether oxygens (including phenoxy) is 2. The number of methoxy groups -OCH3 is 1. The van der Waals surface area contributed by atoms with Crippen LogP contribution in [0.1, 0.15) is 25.3 Å². The van der Waals surface area contributed by atoms with E-state index in [4.69, 9.17) is 4.74 Å². The largest absolute Gasteiger partial charge is 0.513 e. The second-order valence-electron chi connectivity index (χ2n) is 4.82. The molecule has 0 heterocycles. The van der Waals surface area contributed by atoms with Gasteiger partial charge >= 0.3 is 6.16 Å². The van der Waals surface area contributed by atoms with Gasteiger partial charge in [0.05, 0.1) is 7.11 Å². The fraction of sp³-hybridized carbons (Fsp3) is 0.278. The molecule has 3 heteroatoms. The first-order valence-electron chi connectivity index (χ1n) is 7.19. The Bertz CT molecular complexity index is 591. The summed E-state index contributed by atoms with van der Waals surface area (Å²) >= 11 is 0. The van der Waals surface area contributed by atoms with Gasteiger partial charge in [0.15, 0.2) is 0 Å². The Labute approximate surface area is 125 Å². The molecule has 0 atom stereocenters. The molecule has 0 spiro atoms. The summed E-state index contributed by atoms with van der Waals surface area (Å²) in [5.74, 6) is 0.543. The quantitative estimate of drug-likeness (QED) is 0.582. The van der Waals surface area contributed by atoms with Crippen LogP contribution in [0.3, 0.4) is 0 Å².